The lowest BCUT2D eigenvalue weighted by Crippen LogP contribution is -2.13. The number of benzene rings is 1. The zero-order valence-corrected chi connectivity index (χ0v) is 25.8. The van der Waals surface area contributed by atoms with E-state index in [0.29, 0.717) is 24.3 Å². The van der Waals surface area contributed by atoms with E-state index >= 15 is 0 Å². The molecule has 4 nitrogen and oxygen atoms in total. The number of unbranched alkanes of at least 4 members (excludes halogenated alkanes) is 18. The molecule has 39 heavy (non-hydrogen) atoms. The van der Waals surface area contributed by atoms with Crippen LogP contribution in [-0.4, -0.2) is 11.9 Å². The Hall–Kier alpha value is -1.84. The molecule has 0 aliphatic rings. The monoisotopic (exact) mass is 544 g/mol. The predicted octanol–water partition coefficient (Wildman–Crippen LogP) is 11.1. The highest BCUT2D eigenvalue weighted by Gasteiger charge is 2.18. The van der Waals surface area contributed by atoms with Gasteiger partial charge in [0, 0.05) is 12.8 Å². The van der Waals surface area contributed by atoms with E-state index in [-0.39, 0.29) is 11.9 Å². The molecule has 0 fully saturated rings. The maximum atomic E-state index is 12.8. The second kappa shape index (κ2) is 25.1. The maximum Gasteiger partial charge on any atom is 0.311 e. The molecule has 0 radical (unpaired) electrons. The van der Waals surface area contributed by atoms with Gasteiger partial charge in [0.15, 0.2) is 11.5 Å². The molecule has 0 aliphatic carbocycles. The zero-order chi connectivity index (χ0) is 28.4. The molecule has 0 aliphatic heterocycles. The number of esters is 2. The molecule has 0 aromatic heterocycles. The predicted molar refractivity (Wildman–Crippen MR) is 165 cm³/mol. The Balaban J connectivity index is 2.65. The van der Waals surface area contributed by atoms with Gasteiger partial charge in [-0.2, -0.15) is 0 Å². The Morgan fingerprint density at radius 2 is 0.923 bits per heavy atom. The molecule has 224 valence electrons. The lowest BCUT2D eigenvalue weighted by Gasteiger charge is -2.15. The van der Waals surface area contributed by atoms with Crippen LogP contribution < -0.4 is 9.47 Å². The number of rotatable bonds is 26. The van der Waals surface area contributed by atoms with Gasteiger partial charge in [-0.3, -0.25) is 9.59 Å². The van der Waals surface area contributed by atoms with E-state index in [2.05, 4.69) is 20.8 Å². The molecule has 0 amide bonds. The van der Waals surface area contributed by atoms with E-state index < -0.39 is 0 Å². The summed E-state index contributed by atoms with van der Waals surface area (Å²) in [5.41, 5.74) is 0.970. The van der Waals surface area contributed by atoms with Crippen LogP contribution in [0, 0.1) is 0 Å². The number of hydrogen-bond donors (Lipinski definition) is 0. The molecule has 0 N–H and O–H groups in total. The van der Waals surface area contributed by atoms with Gasteiger partial charge in [0.1, 0.15) is 0 Å². The minimum Gasteiger partial charge on any atom is -0.423 e. The molecule has 0 unspecified atom stereocenters. The summed E-state index contributed by atoms with van der Waals surface area (Å²) >= 11 is 0. The summed E-state index contributed by atoms with van der Waals surface area (Å²) in [4.78, 5) is 25.4. The molecular weight excluding hydrogens is 484 g/mol. The van der Waals surface area contributed by atoms with Crippen LogP contribution in [0.3, 0.4) is 0 Å². The van der Waals surface area contributed by atoms with E-state index in [0.717, 1.165) is 50.5 Å². The van der Waals surface area contributed by atoms with Crippen molar-refractivity contribution in [1.29, 1.82) is 0 Å². The van der Waals surface area contributed by atoms with Gasteiger partial charge in [-0.1, -0.05) is 148 Å². The summed E-state index contributed by atoms with van der Waals surface area (Å²) in [5, 5.41) is 0. The Bertz CT molecular complexity index is 742. The van der Waals surface area contributed by atoms with Gasteiger partial charge in [-0.25, -0.2) is 0 Å². The van der Waals surface area contributed by atoms with Crippen molar-refractivity contribution in [2.24, 2.45) is 0 Å². The Labute approximate surface area is 241 Å². The first-order chi connectivity index (χ1) is 19.1. The standard InChI is InChI=1S/C35H60O4/c1-4-7-10-13-16-19-22-26-31-27-25-28-32(38-33(36)29-23-20-17-14-11-8-5-2)35(31)39-34(37)30-24-21-18-15-12-9-6-3/h25,27-28H,4-24,26,29-30H2,1-3H3. The largest absolute Gasteiger partial charge is 0.423 e. The highest BCUT2D eigenvalue weighted by atomic mass is 16.6. The summed E-state index contributed by atoms with van der Waals surface area (Å²) in [7, 11) is 0. The minimum atomic E-state index is -0.235. The summed E-state index contributed by atoms with van der Waals surface area (Å²) < 4.78 is 11.7. The van der Waals surface area contributed by atoms with Crippen LogP contribution >= 0.6 is 0 Å². The number of para-hydroxylation sites is 1. The number of carbonyl (C=O) groups is 2. The highest BCUT2D eigenvalue weighted by Crippen LogP contribution is 2.33. The quantitative estimate of drug-likeness (QED) is 0.0661. The number of carbonyl (C=O) groups excluding carboxylic acids is 2. The first kappa shape index (κ1) is 35.2. The smallest absolute Gasteiger partial charge is 0.311 e. The van der Waals surface area contributed by atoms with Gasteiger partial charge in [0.05, 0.1) is 0 Å². The van der Waals surface area contributed by atoms with Gasteiger partial charge in [0.25, 0.3) is 0 Å². The van der Waals surface area contributed by atoms with E-state index in [1.54, 1.807) is 6.07 Å². The first-order valence-corrected chi connectivity index (χ1v) is 16.7. The lowest BCUT2D eigenvalue weighted by molar-refractivity contribution is -0.137. The summed E-state index contributed by atoms with van der Waals surface area (Å²) in [5.74, 6) is 0.404. The minimum absolute atomic E-state index is 0.222. The normalized spacial score (nSPS) is 11.1. The van der Waals surface area contributed by atoms with Gasteiger partial charge in [-0.15, -0.1) is 0 Å². The van der Waals surface area contributed by atoms with Crippen LogP contribution in [0.15, 0.2) is 18.2 Å². The van der Waals surface area contributed by atoms with Crippen molar-refractivity contribution >= 4 is 11.9 Å². The van der Waals surface area contributed by atoms with Crippen LogP contribution in [0.1, 0.15) is 174 Å². The molecule has 4 heteroatoms. The van der Waals surface area contributed by atoms with Crippen LogP contribution in [0.25, 0.3) is 0 Å². The number of aryl methyl sites for hydroxylation is 1. The SMILES string of the molecule is CCCCCCCCCC(=O)Oc1cccc(CCCCCCCCC)c1OC(=O)CCCCCCCCC. The third-order valence-electron chi connectivity index (χ3n) is 7.52. The average Bonchev–Trinajstić information content (AvgIpc) is 2.93. The molecule has 0 saturated heterocycles. The van der Waals surface area contributed by atoms with Crippen molar-refractivity contribution in [1.82, 2.24) is 0 Å². The van der Waals surface area contributed by atoms with Crippen LogP contribution in [0.4, 0.5) is 0 Å². The van der Waals surface area contributed by atoms with Gasteiger partial charge >= 0.3 is 11.9 Å². The summed E-state index contributed by atoms with van der Waals surface area (Å²) in [6.45, 7) is 6.69. The van der Waals surface area contributed by atoms with Crippen molar-refractivity contribution < 1.29 is 19.1 Å². The average molecular weight is 545 g/mol. The Kier molecular flexibility index (Phi) is 22.7. The number of hydrogen-bond acceptors (Lipinski definition) is 4. The lowest BCUT2D eigenvalue weighted by atomic mass is 10.0. The highest BCUT2D eigenvalue weighted by molar-refractivity contribution is 5.76. The maximum absolute atomic E-state index is 12.8. The molecule has 0 spiro atoms. The van der Waals surface area contributed by atoms with E-state index in [1.165, 1.54) is 96.3 Å². The van der Waals surface area contributed by atoms with Crippen molar-refractivity contribution in [3.63, 3.8) is 0 Å². The second-order valence-corrected chi connectivity index (χ2v) is 11.3. The Morgan fingerprint density at radius 3 is 1.41 bits per heavy atom. The second-order valence-electron chi connectivity index (χ2n) is 11.3. The van der Waals surface area contributed by atoms with Gasteiger partial charge in [0.2, 0.25) is 0 Å². The van der Waals surface area contributed by atoms with E-state index in [1.807, 2.05) is 12.1 Å². The molecule has 0 bridgehead atoms. The molecule has 0 atom stereocenters. The third-order valence-corrected chi connectivity index (χ3v) is 7.52. The van der Waals surface area contributed by atoms with Gasteiger partial charge in [-0.05, 0) is 37.3 Å². The van der Waals surface area contributed by atoms with Crippen molar-refractivity contribution in [3.05, 3.63) is 23.8 Å². The van der Waals surface area contributed by atoms with Crippen molar-refractivity contribution in [2.75, 3.05) is 0 Å². The van der Waals surface area contributed by atoms with E-state index in [4.69, 9.17) is 9.47 Å². The number of ether oxygens (including phenoxy) is 2. The fraction of sp³-hybridized carbons (Fsp3) is 0.771. The third kappa shape index (κ3) is 19.0. The topological polar surface area (TPSA) is 52.6 Å². The van der Waals surface area contributed by atoms with Crippen LogP contribution in [0.2, 0.25) is 0 Å². The molecule has 1 aromatic carbocycles. The van der Waals surface area contributed by atoms with Crippen molar-refractivity contribution in [2.45, 2.75) is 175 Å². The molecule has 1 aromatic rings. The molecule has 1 rings (SSSR count). The van der Waals surface area contributed by atoms with Crippen LogP contribution in [-0.2, 0) is 16.0 Å². The van der Waals surface area contributed by atoms with Gasteiger partial charge < -0.3 is 9.47 Å². The van der Waals surface area contributed by atoms with Crippen LogP contribution in [0.5, 0.6) is 11.5 Å². The first-order valence-electron chi connectivity index (χ1n) is 16.7. The van der Waals surface area contributed by atoms with Crippen molar-refractivity contribution in [3.8, 4) is 11.5 Å². The molecule has 0 heterocycles. The summed E-state index contributed by atoms with van der Waals surface area (Å²) in [6.07, 6.45) is 26.5. The fourth-order valence-electron chi connectivity index (χ4n) is 5.02. The van der Waals surface area contributed by atoms with E-state index in [9.17, 15) is 9.59 Å². The molecular formula is C35H60O4. The summed E-state index contributed by atoms with van der Waals surface area (Å²) in [6, 6.07) is 5.70. The Morgan fingerprint density at radius 1 is 0.513 bits per heavy atom. The zero-order valence-electron chi connectivity index (χ0n) is 25.8. The fourth-order valence-corrected chi connectivity index (χ4v) is 5.02. The molecule has 0 saturated carbocycles.